The molecule has 0 unspecified atom stereocenters. The van der Waals surface area contributed by atoms with Gasteiger partial charge in [-0.15, -0.1) is 0 Å². The standard InChI is InChI=1S/C25H17NO3/c27-21(15-13-20-5-3-4-16-26-20)14-10-18-8-11-19(12-9-18)23-17-25(28)29-24-7-2-1-6-22(23)24/h1-17H. The lowest BCUT2D eigenvalue weighted by atomic mass is 10.0. The first-order chi connectivity index (χ1) is 14.2. The number of hydrogen-bond donors (Lipinski definition) is 0. The van der Waals surface area contributed by atoms with E-state index in [1.807, 2.05) is 60.7 Å². The third kappa shape index (κ3) is 4.45. The van der Waals surface area contributed by atoms with Crippen LogP contribution in [0.3, 0.4) is 0 Å². The zero-order chi connectivity index (χ0) is 20.1. The molecule has 4 aromatic rings. The van der Waals surface area contributed by atoms with Gasteiger partial charge in [0.05, 0.1) is 5.69 Å². The van der Waals surface area contributed by atoms with E-state index in [1.165, 1.54) is 18.2 Å². The molecule has 2 heterocycles. The first kappa shape index (κ1) is 18.3. The van der Waals surface area contributed by atoms with Crippen LogP contribution in [0.25, 0.3) is 34.2 Å². The predicted molar refractivity (Wildman–Crippen MR) is 115 cm³/mol. The molecule has 0 fully saturated rings. The summed E-state index contributed by atoms with van der Waals surface area (Å²) in [6, 6.07) is 22.1. The van der Waals surface area contributed by atoms with E-state index in [2.05, 4.69) is 4.98 Å². The highest BCUT2D eigenvalue weighted by molar-refractivity contribution is 6.04. The molecular weight excluding hydrogens is 362 g/mol. The monoisotopic (exact) mass is 379 g/mol. The van der Waals surface area contributed by atoms with Crippen molar-refractivity contribution in [3.8, 4) is 11.1 Å². The Bertz CT molecular complexity index is 1270. The fourth-order valence-electron chi connectivity index (χ4n) is 3.00. The molecule has 140 valence electrons. The number of aromatic nitrogens is 1. The summed E-state index contributed by atoms with van der Waals surface area (Å²) >= 11 is 0. The van der Waals surface area contributed by atoms with E-state index in [0.29, 0.717) is 5.58 Å². The zero-order valence-corrected chi connectivity index (χ0v) is 15.5. The Hall–Kier alpha value is -4.05. The molecule has 29 heavy (non-hydrogen) atoms. The number of benzene rings is 2. The number of hydrogen-bond acceptors (Lipinski definition) is 4. The van der Waals surface area contributed by atoms with Gasteiger partial charge in [0.25, 0.3) is 0 Å². The number of para-hydroxylation sites is 1. The molecule has 0 aliphatic heterocycles. The van der Waals surface area contributed by atoms with E-state index in [-0.39, 0.29) is 11.4 Å². The molecule has 4 heteroatoms. The summed E-state index contributed by atoms with van der Waals surface area (Å²) in [6.07, 6.45) is 8.12. The van der Waals surface area contributed by atoms with Gasteiger partial charge >= 0.3 is 5.63 Å². The van der Waals surface area contributed by atoms with Crippen molar-refractivity contribution >= 4 is 28.9 Å². The van der Waals surface area contributed by atoms with Gasteiger partial charge in [0.15, 0.2) is 5.78 Å². The van der Waals surface area contributed by atoms with Gasteiger partial charge in [-0.1, -0.05) is 54.6 Å². The normalized spacial score (nSPS) is 11.4. The molecule has 0 N–H and O–H groups in total. The van der Waals surface area contributed by atoms with Crippen LogP contribution in [-0.4, -0.2) is 10.8 Å². The summed E-state index contributed by atoms with van der Waals surface area (Å²) in [7, 11) is 0. The molecule has 2 aromatic heterocycles. The van der Waals surface area contributed by atoms with Crippen molar-refractivity contribution in [3.63, 3.8) is 0 Å². The molecule has 0 spiro atoms. The van der Waals surface area contributed by atoms with Crippen LogP contribution in [0.4, 0.5) is 0 Å². The quantitative estimate of drug-likeness (QED) is 0.355. The summed E-state index contributed by atoms with van der Waals surface area (Å²) in [5.74, 6) is -0.119. The van der Waals surface area contributed by atoms with Gasteiger partial charge in [-0.2, -0.15) is 0 Å². The van der Waals surface area contributed by atoms with Crippen LogP contribution in [-0.2, 0) is 4.79 Å². The largest absolute Gasteiger partial charge is 0.423 e. The van der Waals surface area contributed by atoms with Gasteiger partial charge < -0.3 is 4.42 Å². The lowest BCUT2D eigenvalue weighted by Crippen LogP contribution is -1.97. The Morgan fingerprint density at radius 2 is 1.62 bits per heavy atom. The average molecular weight is 379 g/mol. The fourth-order valence-corrected chi connectivity index (χ4v) is 3.00. The molecule has 0 aliphatic carbocycles. The van der Waals surface area contributed by atoms with Gasteiger partial charge in [0.1, 0.15) is 5.58 Å². The summed E-state index contributed by atoms with van der Waals surface area (Å²) < 4.78 is 5.25. The number of nitrogens with zero attached hydrogens (tertiary/aromatic N) is 1. The van der Waals surface area contributed by atoms with Crippen LogP contribution in [0.2, 0.25) is 0 Å². The first-order valence-corrected chi connectivity index (χ1v) is 9.13. The van der Waals surface area contributed by atoms with Crippen molar-refractivity contribution in [2.75, 3.05) is 0 Å². The lowest BCUT2D eigenvalue weighted by Gasteiger charge is -2.06. The number of fused-ring (bicyclic) bond motifs is 1. The molecule has 4 rings (SSSR count). The van der Waals surface area contributed by atoms with Gasteiger partial charge in [-0.25, -0.2) is 4.79 Å². The van der Waals surface area contributed by atoms with Crippen LogP contribution >= 0.6 is 0 Å². The lowest BCUT2D eigenvalue weighted by molar-refractivity contribution is -0.110. The third-order valence-corrected chi connectivity index (χ3v) is 4.42. The smallest absolute Gasteiger partial charge is 0.336 e. The van der Waals surface area contributed by atoms with Crippen LogP contribution in [0, 0.1) is 0 Å². The van der Waals surface area contributed by atoms with Crippen molar-refractivity contribution in [1.29, 1.82) is 0 Å². The van der Waals surface area contributed by atoms with E-state index in [9.17, 15) is 9.59 Å². The van der Waals surface area contributed by atoms with Crippen LogP contribution in [0.15, 0.2) is 100 Å². The molecule has 0 saturated carbocycles. The summed E-state index contributed by atoms with van der Waals surface area (Å²) in [5.41, 5.74) is 3.53. The average Bonchev–Trinajstić information content (AvgIpc) is 2.77. The maximum atomic E-state index is 12.0. The molecule has 2 aromatic carbocycles. The summed E-state index contributed by atoms with van der Waals surface area (Å²) in [4.78, 5) is 28.0. The minimum atomic E-state index is -0.382. The maximum Gasteiger partial charge on any atom is 0.336 e. The topological polar surface area (TPSA) is 60.2 Å². The highest BCUT2D eigenvalue weighted by Crippen LogP contribution is 2.27. The highest BCUT2D eigenvalue weighted by Gasteiger charge is 2.07. The maximum absolute atomic E-state index is 12.0. The number of pyridine rings is 1. The minimum absolute atomic E-state index is 0.119. The second-order valence-corrected chi connectivity index (χ2v) is 6.42. The Morgan fingerprint density at radius 1 is 0.862 bits per heavy atom. The zero-order valence-electron chi connectivity index (χ0n) is 15.5. The molecule has 0 saturated heterocycles. The second kappa shape index (κ2) is 8.31. The first-order valence-electron chi connectivity index (χ1n) is 9.13. The highest BCUT2D eigenvalue weighted by atomic mass is 16.4. The number of rotatable bonds is 5. The predicted octanol–water partition coefficient (Wildman–Crippen LogP) is 5.15. The van der Waals surface area contributed by atoms with E-state index >= 15 is 0 Å². The van der Waals surface area contributed by atoms with Gasteiger partial charge in [0, 0.05) is 17.6 Å². The van der Waals surface area contributed by atoms with Gasteiger partial charge in [0.2, 0.25) is 0 Å². The van der Waals surface area contributed by atoms with Crippen molar-refractivity contribution in [1.82, 2.24) is 4.98 Å². The Labute approximate surface area is 167 Å². The molecular formula is C25H17NO3. The molecule has 4 nitrogen and oxygen atoms in total. The van der Waals surface area contributed by atoms with E-state index in [4.69, 9.17) is 4.42 Å². The summed E-state index contributed by atoms with van der Waals surface area (Å²) in [6.45, 7) is 0. The van der Waals surface area contributed by atoms with Crippen molar-refractivity contribution < 1.29 is 9.21 Å². The third-order valence-electron chi connectivity index (χ3n) is 4.42. The minimum Gasteiger partial charge on any atom is -0.423 e. The second-order valence-electron chi connectivity index (χ2n) is 6.42. The van der Waals surface area contributed by atoms with E-state index < -0.39 is 0 Å². The number of allylic oxidation sites excluding steroid dienone is 2. The van der Waals surface area contributed by atoms with Crippen molar-refractivity contribution in [3.05, 3.63) is 113 Å². The molecule has 0 bridgehead atoms. The Balaban J connectivity index is 1.53. The molecule has 0 radical (unpaired) electrons. The Kier molecular flexibility index (Phi) is 5.25. The summed E-state index contributed by atoms with van der Waals surface area (Å²) in [5, 5.41) is 0.880. The number of carbonyl (C=O) groups excluding carboxylic acids is 1. The van der Waals surface area contributed by atoms with E-state index in [0.717, 1.165) is 27.8 Å². The van der Waals surface area contributed by atoms with Crippen molar-refractivity contribution in [2.45, 2.75) is 0 Å². The SMILES string of the molecule is O=C(C=Cc1ccc(-c2cc(=O)oc3ccccc23)cc1)C=Cc1ccccn1. The van der Waals surface area contributed by atoms with Gasteiger partial charge in [-0.3, -0.25) is 9.78 Å². The van der Waals surface area contributed by atoms with Crippen LogP contribution in [0.1, 0.15) is 11.3 Å². The van der Waals surface area contributed by atoms with Crippen molar-refractivity contribution in [2.24, 2.45) is 0 Å². The Morgan fingerprint density at radius 3 is 2.41 bits per heavy atom. The van der Waals surface area contributed by atoms with Crippen LogP contribution in [0.5, 0.6) is 0 Å². The molecule has 0 amide bonds. The number of ketones is 1. The molecule has 0 aliphatic rings. The fraction of sp³-hybridized carbons (Fsp3) is 0. The van der Waals surface area contributed by atoms with E-state index in [1.54, 1.807) is 24.4 Å². The van der Waals surface area contributed by atoms with Gasteiger partial charge in [-0.05, 0) is 53.1 Å². The molecule has 0 atom stereocenters. The van der Waals surface area contributed by atoms with Crippen LogP contribution < -0.4 is 5.63 Å². The number of carbonyl (C=O) groups is 1.